The van der Waals surface area contributed by atoms with Gasteiger partial charge in [0, 0.05) is 6.20 Å². The van der Waals surface area contributed by atoms with Crippen molar-refractivity contribution in [1.29, 1.82) is 0 Å². The van der Waals surface area contributed by atoms with E-state index in [-0.39, 0.29) is 11.6 Å². The Hall–Kier alpha value is -3.52. The van der Waals surface area contributed by atoms with Gasteiger partial charge in [0.1, 0.15) is 22.0 Å². The van der Waals surface area contributed by atoms with Gasteiger partial charge in [-0.1, -0.05) is 18.2 Å². The molecular weight excluding hydrogens is 396 g/mol. The van der Waals surface area contributed by atoms with E-state index in [0.29, 0.717) is 17.2 Å². The van der Waals surface area contributed by atoms with Crippen LogP contribution < -0.4 is 10.9 Å². The first-order valence-electron chi connectivity index (χ1n) is 9.67. The first-order chi connectivity index (χ1) is 14.5. The maximum atomic E-state index is 13.5. The number of nitrogens with zero attached hydrogens (tertiary/aromatic N) is 5. The van der Waals surface area contributed by atoms with E-state index in [1.54, 1.807) is 20.4 Å². The van der Waals surface area contributed by atoms with E-state index in [0.717, 1.165) is 27.3 Å². The van der Waals surface area contributed by atoms with Crippen LogP contribution in [-0.4, -0.2) is 24.1 Å². The van der Waals surface area contributed by atoms with E-state index >= 15 is 0 Å². The second-order valence-corrected chi connectivity index (χ2v) is 8.15. The molecular formula is C22H20N6OS. The van der Waals surface area contributed by atoms with E-state index in [9.17, 15) is 4.79 Å². The van der Waals surface area contributed by atoms with Gasteiger partial charge in [-0.3, -0.25) is 9.36 Å². The van der Waals surface area contributed by atoms with Crippen LogP contribution in [0.5, 0.6) is 0 Å². The zero-order valence-corrected chi connectivity index (χ0v) is 17.6. The molecule has 4 aromatic heterocycles. The van der Waals surface area contributed by atoms with Gasteiger partial charge in [0.15, 0.2) is 5.82 Å². The minimum absolute atomic E-state index is 0.0955. The zero-order valence-electron chi connectivity index (χ0n) is 16.8. The van der Waals surface area contributed by atoms with Crippen LogP contribution in [0.4, 0.5) is 5.82 Å². The number of aromatic nitrogens is 5. The van der Waals surface area contributed by atoms with Crippen molar-refractivity contribution in [1.82, 2.24) is 24.1 Å². The molecule has 1 atom stereocenters. The Morgan fingerprint density at radius 3 is 2.67 bits per heavy atom. The van der Waals surface area contributed by atoms with E-state index < -0.39 is 0 Å². The first kappa shape index (κ1) is 18.5. The molecule has 0 aliphatic heterocycles. The lowest BCUT2D eigenvalue weighted by Gasteiger charge is -2.20. The molecule has 0 amide bonds. The molecule has 8 heteroatoms. The Kier molecular flexibility index (Phi) is 4.36. The minimum Gasteiger partial charge on any atom is -0.360 e. The lowest BCUT2D eigenvalue weighted by atomic mass is 10.2. The quantitative estimate of drug-likeness (QED) is 0.473. The maximum Gasteiger partial charge on any atom is 0.282 e. The molecule has 0 unspecified atom stereocenters. The fourth-order valence-corrected chi connectivity index (χ4v) is 4.49. The maximum absolute atomic E-state index is 13.5. The summed E-state index contributed by atoms with van der Waals surface area (Å²) in [5.41, 5.74) is 2.16. The van der Waals surface area contributed by atoms with Gasteiger partial charge in [0.25, 0.3) is 5.56 Å². The molecule has 4 heterocycles. The Labute approximate surface area is 176 Å². The summed E-state index contributed by atoms with van der Waals surface area (Å²) in [6.07, 6.45) is 1.82. The Balaban J connectivity index is 1.69. The second-order valence-electron chi connectivity index (χ2n) is 7.25. The van der Waals surface area contributed by atoms with Crippen molar-refractivity contribution >= 4 is 32.9 Å². The monoisotopic (exact) mass is 416 g/mol. The number of nitrogens with one attached hydrogen (secondary N) is 1. The number of aryl methyl sites for hydroxylation is 2. The lowest BCUT2D eigenvalue weighted by molar-refractivity contribution is 0.672. The largest absolute Gasteiger partial charge is 0.360 e. The van der Waals surface area contributed by atoms with Gasteiger partial charge in [-0.2, -0.15) is 5.10 Å². The molecule has 5 aromatic rings. The van der Waals surface area contributed by atoms with E-state index in [2.05, 4.69) is 15.3 Å². The van der Waals surface area contributed by atoms with Gasteiger partial charge in [0.05, 0.1) is 17.1 Å². The summed E-state index contributed by atoms with van der Waals surface area (Å²) in [6, 6.07) is 13.2. The molecule has 0 radical (unpaired) electrons. The minimum atomic E-state index is -0.276. The molecule has 0 saturated heterocycles. The van der Waals surface area contributed by atoms with Crippen molar-refractivity contribution in [2.24, 2.45) is 0 Å². The highest BCUT2D eigenvalue weighted by Crippen LogP contribution is 2.28. The topological polar surface area (TPSA) is 77.1 Å². The molecule has 0 aliphatic carbocycles. The molecule has 150 valence electrons. The van der Waals surface area contributed by atoms with Gasteiger partial charge in [-0.15, -0.1) is 11.3 Å². The SMILES string of the molecule is Cc1nc(N[C@@H](C)c2nn3ccc(C)c3c(=O)n2-c2ccccc2)c2ccsc2n1. The normalized spacial score (nSPS) is 12.5. The molecule has 0 fully saturated rings. The summed E-state index contributed by atoms with van der Waals surface area (Å²) in [7, 11) is 0. The van der Waals surface area contributed by atoms with Gasteiger partial charge < -0.3 is 5.32 Å². The third-order valence-electron chi connectivity index (χ3n) is 5.11. The predicted molar refractivity (Wildman–Crippen MR) is 120 cm³/mol. The molecule has 1 N–H and O–H groups in total. The van der Waals surface area contributed by atoms with E-state index in [1.165, 1.54) is 0 Å². The molecule has 0 saturated carbocycles. The molecule has 0 bridgehead atoms. The van der Waals surface area contributed by atoms with Gasteiger partial charge in [0.2, 0.25) is 0 Å². The number of hydrogen-bond donors (Lipinski definition) is 1. The number of thiophene rings is 1. The van der Waals surface area contributed by atoms with Crippen LogP contribution >= 0.6 is 11.3 Å². The van der Waals surface area contributed by atoms with Crippen LogP contribution in [-0.2, 0) is 0 Å². The zero-order chi connectivity index (χ0) is 20.8. The number of fused-ring (bicyclic) bond motifs is 2. The van der Waals surface area contributed by atoms with Crippen LogP contribution in [0, 0.1) is 13.8 Å². The fourth-order valence-electron chi connectivity index (χ4n) is 3.68. The lowest BCUT2D eigenvalue weighted by Crippen LogP contribution is -2.29. The number of benzene rings is 1. The smallest absolute Gasteiger partial charge is 0.282 e. The second kappa shape index (κ2) is 7.07. The molecule has 5 rings (SSSR count). The van der Waals surface area contributed by atoms with Gasteiger partial charge >= 0.3 is 0 Å². The highest BCUT2D eigenvalue weighted by atomic mass is 32.1. The van der Waals surface area contributed by atoms with E-state index in [4.69, 9.17) is 5.10 Å². The third-order valence-corrected chi connectivity index (χ3v) is 5.91. The summed E-state index contributed by atoms with van der Waals surface area (Å²) < 4.78 is 3.34. The molecule has 0 spiro atoms. The van der Waals surface area contributed by atoms with Crippen molar-refractivity contribution in [3.05, 3.63) is 81.6 Å². The summed E-state index contributed by atoms with van der Waals surface area (Å²) in [4.78, 5) is 23.5. The highest BCUT2D eigenvalue weighted by molar-refractivity contribution is 7.16. The summed E-state index contributed by atoms with van der Waals surface area (Å²) in [5, 5.41) is 11.2. The Morgan fingerprint density at radius 2 is 1.87 bits per heavy atom. The molecule has 30 heavy (non-hydrogen) atoms. The average molecular weight is 417 g/mol. The van der Waals surface area contributed by atoms with Crippen molar-refractivity contribution in [3.63, 3.8) is 0 Å². The fraction of sp³-hybridized carbons (Fsp3) is 0.182. The van der Waals surface area contributed by atoms with Crippen molar-refractivity contribution in [3.8, 4) is 5.69 Å². The van der Waals surface area contributed by atoms with Crippen molar-refractivity contribution in [2.75, 3.05) is 5.32 Å². The first-order valence-corrected chi connectivity index (χ1v) is 10.6. The van der Waals surface area contributed by atoms with Gasteiger partial charge in [-0.05, 0) is 56.0 Å². The number of hydrogen-bond acceptors (Lipinski definition) is 6. The van der Waals surface area contributed by atoms with Gasteiger partial charge in [-0.25, -0.2) is 14.5 Å². The van der Waals surface area contributed by atoms with Crippen LogP contribution in [0.1, 0.15) is 30.2 Å². The third kappa shape index (κ3) is 2.96. The standard InChI is InChI=1S/C22H20N6OS/c1-13-9-11-27-18(13)22(29)28(16-7-5-4-6-8-16)20(26-27)14(2)23-19-17-10-12-30-21(17)25-15(3)24-19/h4-12,14H,1-3H3,(H,23,24,25)/t14-/m0/s1. The van der Waals surface area contributed by atoms with Crippen LogP contribution in [0.2, 0.25) is 0 Å². The number of rotatable bonds is 4. The Bertz CT molecular complexity index is 1430. The summed E-state index contributed by atoms with van der Waals surface area (Å²) in [6.45, 7) is 5.78. The highest BCUT2D eigenvalue weighted by Gasteiger charge is 2.20. The number of para-hydroxylation sites is 1. The molecule has 1 aromatic carbocycles. The molecule has 7 nitrogen and oxygen atoms in total. The summed E-state index contributed by atoms with van der Waals surface area (Å²) >= 11 is 1.58. The molecule has 0 aliphatic rings. The predicted octanol–water partition coefficient (Wildman–Crippen LogP) is 4.28. The number of anilines is 1. The van der Waals surface area contributed by atoms with Crippen LogP contribution in [0.15, 0.2) is 58.8 Å². The summed E-state index contributed by atoms with van der Waals surface area (Å²) in [5.74, 6) is 2.04. The van der Waals surface area contributed by atoms with Crippen molar-refractivity contribution in [2.45, 2.75) is 26.8 Å². The van der Waals surface area contributed by atoms with Crippen LogP contribution in [0.3, 0.4) is 0 Å². The average Bonchev–Trinajstić information content (AvgIpc) is 3.35. The van der Waals surface area contributed by atoms with E-state index in [1.807, 2.05) is 74.8 Å². The Morgan fingerprint density at radius 1 is 1.07 bits per heavy atom. The van der Waals surface area contributed by atoms with Crippen molar-refractivity contribution < 1.29 is 0 Å². The van der Waals surface area contributed by atoms with Crippen LogP contribution in [0.25, 0.3) is 21.4 Å².